The van der Waals surface area contributed by atoms with Crippen LogP contribution in [0.4, 0.5) is 0 Å². The van der Waals surface area contributed by atoms with Crippen molar-refractivity contribution < 1.29 is 9.32 Å². The lowest BCUT2D eigenvalue weighted by Crippen LogP contribution is -1.99. The molecule has 65 valence electrons. The maximum absolute atomic E-state index is 11.1. The molecule has 4 heteroatoms. The Morgan fingerprint density at radius 1 is 1.58 bits per heavy atom. The van der Waals surface area contributed by atoms with E-state index in [-0.39, 0.29) is 11.7 Å². The minimum atomic E-state index is -0.190. The average Bonchev–Trinajstić information content (AvgIpc) is 2.52. The summed E-state index contributed by atoms with van der Waals surface area (Å²) in [5.41, 5.74) is 0. The molecule has 0 unspecified atom stereocenters. The van der Waals surface area contributed by atoms with Crippen LogP contribution in [0.2, 0.25) is 0 Å². The van der Waals surface area contributed by atoms with Crippen molar-refractivity contribution in [3.63, 3.8) is 0 Å². The number of aryl methyl sites for hydroxylation is 1. The van der Waals surface area contributed by atoms with E-state index in [1.54, 1.807) is 0 Å². The van der Waals surface area contributed by atoms with E-state index in [1.165, 1.54) is 6.42 Å². The summed E-state index contributed by atoms with van der Waals surface area (Å²) in [5.74, 6) is 0.473. The Balaban J connectivity index is 2.68. The predicted octanol–water partition coefficient (Wildman–Crippen LogP) is 1.43. The van der Waals surface area contributed by atoms with Gasteiger partial charge in [0.1, 0.15) is 0 Å². The number of rotatable bonds is 4. The highest BCUT2D eigenvalue weighted by molar-refractivity contribution is 5.98. The van der Waals surface area contributed by atoms with Crippen LogP contribution >= 0.6 is 0 Å². The van der Waals surface area contributed by atoms with Gasteiger partial charge in [-0.25, -0.2) is 0 Å². The van der Waals surface area contributed by atoms with Gasteiger partial charge in [-0.2, -0.15) is 4.98 Å². The molecule has 1 rings (SSSR count). The number of carbonyl (C=O) groups excluding carboxylic acids is 1. The Labute approximate surface area is 71.0 Å². The smallest absolute Gasteiger partial charge is 0.294 e. The first kappa shape index (κ1) is 8.90. The molecule has 4 nitrogen and oxygen atoms in total. The van der Waals surface area contributed by atoms with Crippen LogP contribution in [0.1, 0.15) is 36.8 Å². The van der Waals surface area contributed by atoms with E-state index in [9.17, 15) is 4.79 Å². The number of Topliss-reactive ketones (excluding diaryl/α,β-unsaturated/α-hetero) is 1. The molecule has 0 N–H and O–H groups in total. The Hall–Kier alpha value is -1.19. The first-order chi connectivity index (χ1) is 5.77. The van der Waals surface area contributed by atoms with Crippen LogP contribution < -0.4 is 0 Å². The molecule has 0 bridgehead atoms. The summed E-state index contributed by atoms with van der Waals surface area (Å²) in [6.45, 7) is 3.79. The second-order valence-corrected chi connectivity index (χ2v) is 2.35. The second-order valence-electron chi connectivity index (χ2n) is 2.35. The first-order valence-corrected chi connectivity index (χ1v) is 3.98. The average molecular weight is 167 g/mol. The predicted molar refractivity (Wildman–Crippen MR) is 42.6 cm³/mol. The molecule has 0 aromatic carbocycles. The van der Waals surface area contributed by atoms with E-state index in [0.29, 0.717) is 18.7 Å². The molecule has 0 spiro atoms. The fourth-order valence-electron chi connectivity index (χ4n) is 0.770. The summed E-state index contributed by atoms with van der Waals surface area (Å²) >= 11 is 0. The zero-order valence-corrected chi connectivity index (χ0v) is 7.20. The Bertz CT molecular complexity index is 268. The normalized spacial score (nSPS) is 10.2. The summed E-state index contributed by atoms with van der Waals surface area (Å²) in [6, 6.07) is 0. The second kappa shape index (κ2) is 3.99. The minimum Gasteiger partial charge on any atom is -0.331 e. The molecule has 0 aliphatic rings. The van der Waals surface area contributed by atoms with E-state index in [1.807, 2.05) is 13.8 Å². The van der Waals surface area contributed by atoms with Gasteiger partial charge >= 0.3 is 0 Å². The molecule has 0 fully saturated rings. The number of carbonyl (C=O) groups is 1. The van der Waals surface area contributed by atoms with Crippen molar-refractivity contribution >= 4 is 5.78 Å². The third-order valence-corrected chi connectivity index (χ3v) is 1.38. The van der Waals surface area contributed by atoms with Crippen molar-refractivity contribution in [3.8, 4) is 0 Å². The van der Waals surface area contributed by atoms with Gasteiger partial charge in [-0.3, -0.25) is 4.79 Å². The first-order valence-electron chi connectivity index (χ1n) is 3.98. The van der Waals surface area contributed by atoms with Gasteiger partial charge in [0.15, 0.2) is 5.82 Å². The minimum absolute atomic E-state index is 0.0914. The van der Waals surface area contributed by atoms with Crippen LogP contribution in [0.5, 0.6) is 0 Å². The maximum Gasteiger partial charge on any atom is 0.294 e. The van der Waals surface area contributed by atoms with Gasteiger partial charge in [0, 0.05) is 12.8 Å². The molecule has 12 heavy (non-hydrogen) atoms. The highest BCUT2D eigenvalue weighted by atomic mass is 16.5. The molecule has 1 radical (unpaired) electrons. The largest absolute Gasteiger partial charge is 0.331 e. The number of aromatic nitrogens is 2. The van der Waals surface area contributed by atoms with Gasteiger partial charge in [0.05, 0.1) is 0 Å². The van der Waals surface area contributed by atoms with E-state index in [2.05, 4.69) is 10.1 Å². The number of nitrogens with zero attached hydrogens (tertiary/aromatic N) is 2. The van der Waals surface area contributed by atoms with Crippen LogP contribution in [-0.2, 0) is 6.42 Å². The van der Waals surface area contributed by atoms with E-state index >= 15 is 0 Å². The van der Waals surface area contributed by atoms with Crippen molar-refractivity contribution in [2.45, 2.75) is 26.7 Å². The van der Waals surface area contributed by atoms with Crippen LogP contribution in [-0.4, -0.2) is 15.9 Å². The summed E-state index contributed by atoms with van der Waals surface area (Å²) in [7, 11) is 0. The van der Waals surface area contributed by atoms with Crippen molar-refractivity contribution in [3.05, 3.63) is 18.1 Å². The molecule has 0 amide bonds. The zero-order valence-electron chi connectivity index (χ0n) is 7.20. The van der Waals surface area contributed by atoms with E-state index < -0.39 is 0 Å². The molecule has 0 saturated carbocycles. The fraction of sp³-hybridized carbons (Fsp3) is 0.500. The van der Waals surface area contributed by atoms with Crippen LogP contribution in [0, 0.1) is 6.42 Å². The highest BCUT2D eigenvalue weighted by Gasteiger charge is 2.12. The lowest BCUT2D eigenvalue weighted by Gasteiger charge is -1.87. The van der Waals surface area contributed by atoms with Crippen molar-refractivity contribution in [1.29, 1.82) is 0 Å². The van der Waals surface area contributed by atoms with Gasteiger partial charge in [-0.15, -0.1) is 0 Å². The van der Waals surface area contributed by atoms with Gasteiger partial charge in [0.2, 0.25) is 5.78 Å². The van der Waals surface area contributed by atoms with Crippen molar-refractivity contribution in [2.75, 3.05) is 0 Å². The lowest BCUT2D eigenvalue weighted by atomic mass is 10.2. The summed E-state index contributed by atoms with van der Waals surface area (Å²) in [5, 5.41) is 3.61. The van der Waals surface area contributed by atoms with Crippen LogP contribution in [0.15, 0.2) is 4.52 Å². The molecule has 1 heterocycles. The van der Waals surface area contributed by atoms with E-state index in [0.717, 1.165) is 0 Å². The van der Waals surface area contributed by atoms with Gasteiger partial charge < -0.3 is 4.52 Å². The van der Waals surface area contributed by atoms with Crippen molar-refractivity contribution in [1.82, 2.24) is 10.1 Å². The van der Waals surface area contributed by atoms with Gasteiger partial charge in [0.25, 0.3) is 5.89 Å². The summed E-state index contributed by atoms with van der Waals surface area (Å²) in [4.78, 5) is 15.0. The van der Waals surface area contributed by atoms with Gasteiger partial charge in [-0.05, 0) is 6.42 Å². The summed E-state index contributed by atoms with van der Waals surface area (Å²) in [6.07, 6.45) is 2.89. The third-order valence-electron chi connectivity index (χ3n) is 1.38. The van der Waals surface area contributed by atoms with Crippen LogP contribution in [0.3, 0.4) is 0 Å². The quantitative estimate of drug-likeness (QED) is 0.636. The fourth-order valence-corrected chi connectivity index (χ4v) is 0.770. The highest BCUT2D eigenvalue weighted by Crippen LogP contribution is 2.02. The standard InChI is InChI=1S/C8H11N2O2/c1-3-5-6(11)8-9-7(4-2)10-12-8/h5H,3-4H2,1-2H3. The molecular formula is C8H11N2O2. The molecule has 1 aromatic rings. The zero-order chi connectivity index (χ0) is 8.97. The molecule has 0 atom stereocenters. The molecule has 0 aliphatic heterocycles. The Morgan fingerprint density at radius 3 is 2.83 bits per heavy atom. The lowest BCUT2D eigenvalue weighted by molar-refractivity contribution is 0.0982. The molecule has 1 aromatic heterocycles. The van der Waals surface area contributed by atoms with Gasteiger partial charge in [-0.1, -0.05) is 19.0 Å². The number of hydrogen-bond donors (Lipinski definition) is 0. The maximum atomic E-state index is 11.1. The SMILES string of the molecule is CC[CH]C(=O)c1nc(CC)no1. The number of ketones is 1. The topological polar surface area (TPSA) is 56.0 Å². The van der Waals surface area contributed by atoms with Crippen LogP contribution in [0.25, 0.3) is 0 Å². The Morgan fingerprint density at radius 2 is 2.33 bits per heavy atom. The molecule has 0 aliphatic carbocycles. The molecule has 0 saturated heterocycles. The third kappa shape index (κ3) is 1.90. The Kier molecular flexibility index (Phi) is 2.96. The summed E-state index contributed by atoms with van der Waals surface area (Å²) < 4.78 is 4.73. The number of hydrogen-bond acceptors (Lipinski definition) is 4. The molecular weight excluding hydrogens is 156 g/mol. The van der Waals surface area contributed by atoms with Crippen molar-refractivity contribution in [2.24, 2.45) is 0 Å². The monoisotopic (exact) mass is 167 g/mol. The van der Waals surface area contributed by atoms with E-state index in [4.69, 9.17) is 4.52 Å².